The lowest BCUT2D eigenvalue weighted by atomic mass is 10.1. The van der Waals surface area contributed by atoms with Crippen LogP contribution < -0.4 is 5.32 Å². The number of hydrogen-bond acceptors (Lipinski definition) is 3. The molecule has 106 valence electrons. The van der Waals surface area contributed by atoms with Gasteiger partial charge < -0.3 is 5.32 Å². The Labute approximate surface area is 128 Å². The van der Waals surface area contributed by atoms with Gasteiger partial charge in [0.05, 0.1) is 15.2 Å². The number of rotatable bonds is 5. The molecular formula is C18H18N2S. The van der Waals surface area contributed by atoms with Crippen molar-refractivity contribution < 1.29 is 0 Å². The fourth-order valence-corrected chi connectivity index (χ4v) is 3.57. The maximum Gasteiger partial charge on any atom is 0.0982 e. The van der Waals surface area contributed by atoms with Gasteiger partial charge in [-0.25, -0.2) is 4.98 Å². The maximum absolute atomic E-state index is 4.72. The van der Waals surface area contributed by atoms with Crippen molar-refractivity contribution in [2.24, 2.45) is 0 Å². The van der Waals surface area contributed by atoms with Crippen LogP contribution in [-0.2, 0) is 13.0 Å². The maximum atomic E-state index is 4.72. The molecule has 4 rings (SSSR count). The van der Waals surface area contributed by atoms with E-state index in [1.807, 2.05) is 0 Å². The molecule has 2 aromatic carbocycles. The standard InChI is InChI=1S/C18H18N2S/c1-2-7-17-16(6-1)20-18(21-17)11-13-4-3-5-14(10-13)12-19-15-8-9-15/h1-7,10,15,19H,8-9,11-12H2. The van der Waals surface area contributed by atoms with Gasteiger partial charge in [-0.05, 0) is 36.1 Å². The molecule has 1 aromatic heterocycles. The van der Waals surface area contributed by atoms with Crippen molar-refractivity contribution in [3.8, 4) is 0 Å². The first-order valence-corrected chi connectivity index (χ1v) is 8.34. The summed E-state index contributed by atoms with van der Waals surface area (Å²) < 4.78 is 1.28. The van der Waals surface area contributed by atoms with Crippen LogP contribution >= 0.6 is 11.3 Å². The molecule has 3 aromatic rings. The van der Waals surface area contributed by atoms with E-state index in [4.69, 9.17) is 4.98 Å². The van der Waals surface area contributed by atoms with Crippen molar-refractivity contribution in [1.82, 2.24) is 10.3 Å². The van der Waals surface area contributed by atoms with Gasteiger partial charge in [0.25, 0.3) is 0 Å². The van der Waals surface area contributed by atoms with Crippen molar-refractivity contribution >= 4 is 21.6 Å². The van der Waals surface area contributed by atoms with E-state index in [-0.39, 0.29) is 0 Å². The molecule has 1 aliphatic carbocycles. The summed E-state index contributed by atoms with van der Waals surface area (Å²) in [5.41, 5.74) is 3.84. The van der Waals surface area contributed by atoms with E-state index in [1.165, 1.54) is 33.7 Å². The van der Waals surface area contributed by atoms with Gasteiger partial charge in [0.15, 0.2) is 0 Å². The first-order chi connectivity index (χ1) is 10.4. The Morgan fingerprint density at radius 3 is 2.76 bits per heavy atom. The van der Waals surface area contributed by atoms with Gasteiger partial charge in [-0.2, -0.15) is 0 Å². The van der Waals surface area contributed by atoms with E-state index in [2.05, 4.69) is 53.8 Å². The second kappa shape index (κ2) is 5.58. The lowest BCUT2D eigenvalue weighted by Crippen LogP contribution is -2.15. The third kappa shape index (κ3) is 3.14. The molecule has 2 nitrogen and oxygen atoms in total. The Morgan fingerprint density at radius 1 is 1.05 bits per heavy atom. The van der Waals surface area contributed by atoms with Crippen LogP contribution in [0.15, 0.2) is 48.5 Å². The van der Waals surface area contributed by atoms with Gasteiger partial charge in [0.1, 0.15) is 0 Å². The molecule has 1 fully saturated rings. The predicted molar refractivity (Wildman–Crippen MR) is 88.7 cm³/mol. The van der Waals surface area contributed by atoms with Crippen molar-refractivity contribution in [3.05, 3.63) is 64.7 Å². The summed E-state index contributed by atoms with van der Waals surface area (Å²) in [6.45, 7) is 0.984. The summed E-state index contributed by atoms with van der Waals surface area (Å²) in [6, 6.07) is 18.0. The molecule has 0 bridgehead atoms. The molecule has 0 unspecified atom stereocenters. The van der Waals surface area contributed by atoms with Gasteiger partial charge in [0, 0.05) is 19.0 Å². The van der Waals surface area contributed by atoms with Crippen molar-refractivity contribution in [3.63, 3.8) is 0 Å². The third-order valence-corrected chi connectivity index (χ3v) is 4.89. The number of benzene rings is 2. The zero-order valence-electron chi connectivity index (χ0n) is 11.9. The zero-order valence-corrected chi connectivity index (χ0v) is 12.7. The lowest BCUT2D eigenvalue weighted by molar-refractivity contribution is 0.687. The smallest absolute Gasteiger partial charge is 0.0982 e. The van der Waals surface area contributed by atoms with E-state index >= 15 is 0 Å². The van der Waals surface area contributed by atoms with E-state index in [0.29, 0.717) is 0 Å². The molecule has 0 saturated heterocycles. The number of para-hydroxylation sites is 1. The zero-order chi connectivity index (χ0) is 14.1. The summed E-state index contributed by atoms with van der Waals surface area (Å²) in [5, 5.41) is 4.77. The summed E-state index contributed by atoms with van der Waals surface area (Å²) in [4.78, 5) is 4.72. The van der Waals surface area contributed by atoms with E-state index < -0.39 is 0 Å². The molecule has 0 aliphatic heterocycles. The lowest BCUT2D eigenvalue weighted by Gasteiger charge is -2.05. The highest BCUT2D eigenvalue weighted by Gasteiger charge is 2.19. The van der Waals surface area contributed by atoms with E-state index in [0.717, 1.165) is 24.5 Å². The Morgan fingerprint density at radius 2 is 1.90 bits per heavy atom. The van der Waals surface area contributed by atoms with Crippen LogP contribution in [0.1, 0.15) is 29.0 Å². The van der Waals surface area contributed by atoms with E-state index in [9.17, 15) is 0 Å². The quantitative estimate of drug-likeness (QED) is 0.765. The number of nitrogens with zero attached hydrogens (tertiary/aromatic N) is 1. The fraction of sp³-hybridized carbons (Fsp3) is 0.278. The van der Waals surface area contributed by atoms with Gasteiger partial charge in [-0.15, -0.1) is 11.3 Å². The molecule has 1 saturated carbocycles. The molecule has 3 heteroatoms. The molecular weight excluding hydrogens is 276 g/mol. The topological polar surface area (TPSA) is 24.9 Å². The van der Waals surface area contributed by atoms with Crippen LogP contribution in [0.4, 0.5) is 0 Å². The number of thiazole rings is 1. The molecule has 1 N–H and O–H groups in total. The Balaban J connectivity index is 1.51. The minimum atomic E-state index is 0.762. The highest BCUT2D eigenvalue weighted by molar-refractivity contribution is 7.18. The second-order valence-electron chi connectivity index (χ2n) is 5.73. The Kier molecular flexibility index (Phi) is 3.45. The third-order valence-electron chi connectivity index (χ3n) is 3.86. The Hall–Kier alpha value is -1.71. The average molecular weight is 294 g/mol. The van der Waals surface area contributed by atoms with Gasteiger partial charge >= 0.3 is 0 Å². The van der Waals surface area contributed by atoms with Crippen LogP contribution in [0.2, 0.25) is 0 Å². The summed E-state index contributed by atoms with van der Waals surface area (Å²) in [6.07, 6.45) is 3.60. The SMILES string of the molecule is c1cc(CNC2CC2)cc(Cc2nc3ccccc3s2)c1. The monoisotopic (exact) mass is 294 g/mol. The second-order valence-corrected chi connectivity index (χ2v) is 6.84. The highest BCUT2D eigenvalue weighted by atomic mass is 32.1. The minimum Gasteiger partial charge on any atom is -0.310 e. The van der Waals surface area contributed by atoms with Crippen LogP contribution in [0.5, 0.6) is 0 Å². The molecule has 1 aliphatic rings. The molecule has 21 heavy (non-hydrogen) atoms. The molecule has 0 radical (unpaired) electrons. The largest absolute Gasteiger partial charge is 0.310 e. The van der Waals surface area contributed by atoms with Crippen LogP contribution in [-0.4, -0.2) is 11.0 Å². The van der Waals surface area contributed by atoms with Gasteiger partial charge in [-0.1, -0.05) is 36.4 Å². The summed E-state index contributed by atoms with van der Waals surface area (Å²) in [7, 11) is 0. The average Bonchev–Trinajstić information content (AvgIpc) is 3.24. The van der Waals surface area contributed by atoms with Crippen molar-refractivity contribution in [1.29, 1.82) is 0 Å². The number of hydrogen-bond donors (Lipinski definition) is 1. The normalized spacial score (nSPS) is 14.7. The van der Waals surface area contributed by atoms with Crippen LogP contribution in [0.3, 0.4) is 0 Å². The van der Waals surface area contributed by atoms with Crippen LogP contribution in [0.25, 0.3) is 10.2 Å². The van der Waals surface area contributed by atoms with Crippen LogP contribution in [0, 0.1) is 0 Å². The summed E-state index contributed by atoms with van der Waals surface area (Å²) >= 11 is 1.80. The minimum absolute atomic E-state index is 0.762. The first-order valence-electron chi connectivity index (χ1n) is 7.52. The molecule has 0 amide bonds. The number of aromatic nitrogens is 1. The summed E-state index contributed by atoms with van der Waals surface area (Å²) in [5.74, 6) is 0. The highest BCUT2D eigenvalue weighted by Crippen LogP contribution is 2.24. The molecule has 1 heterocycles. The van der Waals surface area contributed by atoms with E-state index in [1.54, 1.807) is 11.3 Å². The molecule has 0 spiro atoms. The number of fused-ring (bicyclic) bond motifs is 1. The first kappa shape index (κ1) is 13.0. The van der Waals surface area contributed by atoms with Gasteiger partial charge in [-0.3, -0.25) is 0 Å². The van der Waals surface area contributed by atoms with Gasteiger partial charge in [0.2, 0.25) is 0 Å². The van der Waals surface area contributed by atoms with Crippen molar-refractivity contribution in [2.75, 3.05) is 0 Å². The Bertz CT molecular complexity index is 726. The molecule has 0 atom stereocenters. The fourth-order valence-electron chi connectivity index (χ4n) is 2.57. The number of nitrogens with one attached hydrogen (secondary N) is 1. The van der Waals surface area contributed by atoms with Crippen molar-refractivity contribution in [2.45, 2.75) is 31.8 Å². The predicted octanol–water partition coefficient (Wildman–Crippen LogP) is 4.14.